The summed E-state index contributed by atoms with van der Waals surface area (Å²) in [5.41, 5.74) is 1.55. The van der Waals surface area contributed by atoms with Crippen LogP contribution in [0, 0.1) is 0 Å². The van der Waals surface area contributed by atoms with E-state index in [1.807, 2.05) is 18.2 Å². The molecule has 1 amide bonds. The Kier molecular flexibility index (Phi) is 6.05. The molecule has 7 nitrogen and oxygen atoms in total. The van der Waals surface area contributed by atoms with Crippen LogP contribution >= 0.6 is 0 Å². The van der Waals surface area contributed by atoms with Gasteiger partial charge in [-0.15, -0.1) is 0 Å². The van der Waals surface area contributed by atoms with Crippen LogP contribution in [0.15, 0.2) is 42.7 Å². The molecule has 1 saturated heterocycles. The van der Waals surface area contributed by atoms with Gasteiger partial charge < -0.3 is 10.2 Å². The van der Waals surface area contributed by atoms with Crippen molar-refractivity contribution in [2.24, 2.45) is 0 Å². The van der Waals surface area contributed by atoms with Crippen molar-refractivity contribution < 1.29 is 13.2 Å². The normalized spacial score (nSPS) is 18.2. The van der Waals surface area contributed by atoms with Gasteiger partial charge >= 0.3 is 0 Å². The summed E-state index contributed by atoms with van der Waals surface area (Å²) in [6.07, 6.45) is 3.73. The van der Waals surface area contributed by atoms with Gasteiger partial charge in [-0.25, -0.2) is 18.4 Å². The number of sulfone groups is 1. The fraction of sp³-hybridized carbons (Fsp3) is 0.421. The lowest BCUT2D eigenvalue weighted by atomic mass is 10.1. The zero-order valence-corrected chi connectivity index (χ0v) is 16.2. The first kappa shape index (κ1) is 19.3. The third-order valence-electron chi connectivity index (χ3n) is 4.75. The van der Waals surface area contributed by atoms with Crippen LogP contribution in [-0.4, -0.2) is 60.3 Å². The molecule has 1 aromatic carbocycles. The number of amides is 1. The highest BCUT2D eigenvalue weighted by atomic mass is 32.2. The fourth-order valence-corrected chi connectivity index (χ4v) is 4.93. The van der Waals surface area contributed by atoms with Crippen molar-refractivity contribution in [3.05, 3.63) is 54.0 Å². The molecular formula is C19H24N4O3S. The summed E-state index contributed by atoms with van der Waals surface area (Å²) in [5, 5.41) is 3.21. The van der Waals surface area contributed by atoms with Crippen LogP contribution in [0.3, 0.4) is 0 Å². The predicted octanol–water partition coefficient (Wildman–Crippen LogP) is 1.78. The van der Waals surface area contributed by atoms with E-state index in [1.54, 1.807) is 13.1 Å². The quantitative estimate of drug-likeness (QED) is 0.727. The topological polar surface area (TPSA) is 92.3 Å². The number of aromatic nitrogens is 2. The van der Waals surface area contributed by atoms with Crippen LogP contribution in [-0.2, 0) is 16.3 Å². The van der Waals surface area contributed by atoms with E-state index in [0.29, 0.717) is 12.2 Å². The number of hydrogen-bond acceptors (Lipinski definition) is 6. The lowest BCUT2D eigenvalue weighted by Gasteiger charge is -2.23. The molecule has 0 radical (unpaired) electrons. The van der Waals surface area contributed by atoms with Crippen molar-refractivity contribution in [3.8, 4) is 0 Å². The summed E-state index contributed by atoms with van der Waals surface area (Å²) in [7, 11) is -1.41. The number of nitrogens with one attached hydrogen (secondary N) is 1. The Morgan fingerprint density at radius 1 is 1.26 bits per heavy atom. The van der Waals surface area contributed by atoms with E-state index < -0.39 is 9.84 Å². The summed E-state index contributed by atoms with van der Waals surface area (Å²) >= 11 is 0. The van der Waals surface area contributed by atoms with Gasteiger partial charge in [-0.1, -0.05) is 30.3 Å². The molecule has 3 rings (SSSR count). The van der Waals surface area contributed by atoms with Gasteiger partial charge in [-0.05, 0) is 24.8 Å². The molecular weight excluding hydrogens is 364 g/mol. The van der Waals surface area contributed by atoms with Crippen molar-refractivity contribution in [1.82, 2.24) is 14.9 Å². The van der Waals surface area contributed by atoms with Crippen molar-refractivity contribution in [2.75, 3.05) is 30.4 Å². The van der Waals surface area contributed by atoms with Gasteiger partial charge in [-0.2, -0.15) is 0 Å². The van der Waals surface area contributed by atoms with Crippen LogP contribution in [0.25, 0.3) is 0 Å². The average Bonchev–Trinajstić information content (AvgIpc) is 3.05. The van der Waals surface area contributed by atoms with Crippen LogP contribution in [0.1, 0.15) is 28.9 Å². The SMILES string of the molecule is CN(C(=O)c1cc(NCCCc2ccccc2)ncn1)C1CCS(=O)(=O)C1. The third-order valence-corrected chi connectivity index (χ3v) is 6.50. The zero-order chi connectivity index (χ0) is 19.3. The molecule has 0 aliphatic carbocycles. The number of nitrogens with zero attached hydrogens (tertiary/aromatic N) is 3. The van der Waals surface area contributed by atoms with Gasteiger partial charge in [0.25, 0.3) is 5.91 Å². The molecule has 1 aliphatic rings. The molecule has 0 saturated carbocycles. The van der Waals surface area contributed by atoms with Gasteiger partial charge in [0.05, 0.1) is 11.5 Å². The number of aryl methyl sites for hydroxylation is 1. The van der Waals surface area contributed by atoms with Crippen LogP contribution in [0.4, 0.5) is 5.82 Å². The minimum Gasteiger partial charge on any atom is -0.370 e. The monoisotopic (exact) mass is 388 g/mol. The Morgan fingerprint density at radius 3 is 2.74 bits per heavy atom. The first-order chi connectivity index (χ1) is 12.9. The largest absolute Gasteiger partial charge is 0.370 e. The summed E-state index contributed by atoms with van der Waals surface area (Å²) in [6.45, 7) is 0.732. The van der Waals surface area contributed by atoms with Crippen molar-refractivity contribution in [2.45, 2.75) is 25.3 Å². The minimum atomic E-state index is -3.04. The molecule has 0 bridgehead atoms. The van der Waals surface area contributed by atoms with E-state index in [4.69, 9.17) is 0 Å². The van der Waals surface area contributed by atoms with Gasteiger partial charge in [0, 0.05) is 25.7 Å². The van der Waals surface area contributed by atoms with Crippen LogP contribution in [0.5, 0.6) is 0 Å². The van der Waals surface area contributed by atoms with E-state index in [-0.39, 0.29) is 29.1 Å². The molecule has 2 aromatic rings. The molecule has 1 aliphatic heterocycles. The smallest absolute Gasteiger partial charge is 0.272 e. The first-order valence-corrected chi connectivity index (χ1v) is 10.8. The Bertz CT molecular complexity index is 887. The summed E-state index contributed by atoms with van der Waals surface area (Å²) < 4.78 is 23.3. The Balaban J connectivity index is 1.54. The Morgan fingerprint density at radius 2 is 2.04 bits per heavy atom. The van der Waals surface area contributed by atoms with E-state index in [1.165, 1.54) is 16.8 Å². The van der Waals surface area contributed by atoms with Crippen LogP contribution in [0.2, 0.25) is 0 Å². The first-order valence-electron chi connectivity index (χ1n) is 9.02. The van der Waals surface area contributed by atoms with E-state index >= 15 is 0 Å². The lowest BCUT2D eigenvalue weighted by Crippen LogP contribution is -2.38. The molecule has 144 valence electrons. The van der Waals surface area contributed by atoms with Crippen molar-refractivity contribution in [3.63, 3.8) is 0 Å². The summed E-state index contributed by atoms with van der Waals surface area (Å²) in [5.74, 6) is 0.457. The fourth-order valence-electron chi connectivity index (χ4n) is 3.15. The number of benzene rings is 1. The Hall–Kier alpha value is -2.48. The highest BCUT2D eigenvalue weighted by Gasteiger charge is 2.33. The second-order valence-corrected chi connectivity index (χ2v) is 9.01. The maximum atomic E-state index is 12.6. The van der Waals surface area contributed by atoms with E-state index in [0.717, 1.165) is 19.4 Å². The Labute approximate surface area is 159 Å². The number of hydrogen-bond donors (Lipinski definition) is 1. The van der Waals surface area contributed by atoms with Gasteiger partial charge in [0.1, 0.15) is 17.8 Å². The lowest BCUT2D eigenvalue weighted by molar-refractivity contribution is 0.0741. The van der Waals surface area contributed by atoms with Gasteiger partial charge in [0.15, 0.2) is 9.84 Å². The maximum absolute atomic E-state index is 12.6. The second-order valence-electron chi connectivity index (χ2n) is 6.78. The van der Waals surface area contributed by atoms with Crippen molar-refractivity contribution in [1.29, 1.82) is 0 Å². The van der Waals surface area contributed by atoms with E-state index in [2.05, 4.69) is 27.4 Å². The predicted molar refractivity (Wildman–Crippen MR) is 104 cm³/mol. The number of carbonyl (C=O) groups excluding carboxylic acids is 1. The second kappa shape index (κ2) is 8.47. The molecule has 1 aromatic heterocycles. The molecule has 2 heterocycles. The molecule has 8 heteroatoms. The molecule has 0 spiro atoms. The molecule has 1 atom stereocenters. The zero-order valence-electron chi connectivity index (χ0n) is 15.3. The van der Waals surface area contributed by atoms with Crippen LogP contribution < -0.4 is 5.32 Å². The maximum Gasteiger partial charge on any atom is 0.272 e. The molecule has 1 N–H and O–H groups in total. The van der Waals surface area contributed by atoms with E-state index in [9.17, 15) is 13.2 Å². The number of anilines is 1. The molecule has 1 unspecified atom stereocenters. The molecule has 1 fully saturated rings. The number of carbonyl (C=O) groups is 1. The van der Waals surface area contributed by atoms with Gasteiger partial charge in [-0.3, -0.25) is 4.79 Å². The summed E-state index contributed by atoms with van der Waals surface area (Å²) in [6, 6.07) is 11.6. The highest BCUT2D eigenvalue weighted by molar-refractivity contribution is 7.91. The average molecular weight is 388 g/mol. The summed E-state index contributed by atoms with van der Waals surface area (Å²) in [4.78, 5) is 22.3. The number of rotatable bonds is 7. The third kappa shape index (κ3) is 5.26. The standard InChI is InChI=1S/C19H24N4O3S/c1-23(16-9-11-27(25,26)13-16)19(24)17-12-18(22-14-21-17)20-10-5-8-15-6-3-2-4-7-15/h2-4,6-7,12,14,16H,5,8-11,13H2,1H3,(H,20,21,22). The minimum absolute atomic E-state index is 0.0188. The van der Waals surface area contributed by atoms with Crippen molar-refractivity contribution >= 4 is 21.6 Å². The highest BCUT2D eigenvalue weighted by Crippen LogP contribution is 2.18. The van der Waals surface area contributed by atoms with Gasteiger partial charge in [0.2, 0.25) is 0 Å². The molecule has 27 heavy (non-hydrogen) atoms.